The Hall–Kier alpha value is -4.51. The molecule has 3 aromatic heterocycles. The maximum atomic E-state index is 13.2. The highest BCUT2D eigenvalue weighted by molar-refractivity contribution is 6.00. The maximum Gasteiger partial charge on any atom is 0.255 e. The lowest BCUT2D eigenvalue weighted by atomic mass is 10.1. The highest BCUT2D eigenvalue weighted by atomic mass is 16.2. The molecular weight excluding hydrogens is 518 g/mol. The van der Waals surface area contributed by atoms with Gasteiger partial charge in [0, 0.05) is 73.6 Å². The molecule has 2 saturated heterocycles. The van der Waals surface area contributed by atoms with Crippen LogP contribution in [-0.2, 0) is 13.6 Å². The number of hydrogen-bond donors (Lipinski definition) is 2. The van der Waals surface area contributed by atoms with Crippen LogP contribution in [0, 0.1) is 0 Å². The molecule has 5 heterocycles. The Bertz CT molecular complexity index is 1540. The number of pyridine rings is 1. The summed E-state index contributed by atoms with van der Waals surface area (Å²) in [6.45, 7) is 5.27. The fraction of sp³-hybridized carbons (Fsp3) is 0.367. The zero-order chi connectivity index (χ0) is 28.3. The quantitative estimate of drug-likeness (QED) is 0.343. The van der Waals surface area contributed by atoms with Gasteiger partial charge in [0.15, 0.2) is 0 Å². The number of benzene rings is 1. The van der Waals surface area contributed by atoms with Gasteiger partial charge < -0.3 is 20.9 Å². The van der Waals surface area contributed by atoms with Gasteiger partial charge in [0.2, 0.25) is 0 Å². The lowest BCUT2D eigenvalue weighted by Crippen LogP contribution is -2.38. The van der Waals surface area contributed by atoms with E-state index in [-0.39, 0.29) is 23.7 Å². The standard InChI is InChI=1S/C30H35N9O2/c1-36-18-24(16-33-36)23-14-27(28(31)32-15-23)29(40)35-26-8-11-38(20-26)30(41)22-6-4-21(5-7-22)25-17-34-39(19-25)13-12-37-9-2-3-10-37/h4-7,14-19,26H,2-3,8-13,20H2,1H3,(H2,31,32)(H,35,40)/t26-/m1/s1. The Labute approximate surface area is 239 Å². The number of rotatable bonds is 8. The van der Waals surface area contributed by atoms with Crippen LogP contribution < -0.4 is 11.1 Å². The number of aromatic nitrogens is 5. The summed E-state index contributed by atoms with van der Waals surface area (Å²) < 4.78 is 3.68. The highest BCUT2D eigenvalue weighted by Crippen LogP contribution is 2.23. The number of amides is 2. The number of anilines is 1. The second kappa shape index (κ2) is 11.5. The number of nitrogens with zero attached hydrogens (tertiary/aromatic N) is 7. The number of nitrogens with one attached hydrogen (secondary N) is 1. The van der Waals surface area contributed by atoms with Crippen molar-refractivity contribution in [2.75, 3.05) is 38.5 Å². The van der Waals surface area contributed by atoms with Crippen molar-refractivity contribution < 1.29 is 9.59 Å². The minimum Gasteiger partial charge on any atom is -0.383 e. The molecule has 2 amide bonds. The summed E-state index contributed by atoms with van der Waals surface area (Å²) in [7, 11) is 1.83. The zero-order valence-electron chi connectivity index (χ0n) is 23.2. The Kier molecular flexibility index (Phi) is 7.51. The number of likely N-dealkylation sites (tertiary alicyclic amines) is 2. The lowest BCUT2D eigenvalue weighted by Gasteiger charge is -2.18. The summed E-state index contributed by atoms with van der Waals surface area (Å²) in [5, 5.41) is 11.7. The van der Waals surface area contributed by atoms with Crippen molar-refractivity contribution >= 4 is 17.6 Å². The third-order valence-electron chi connectivity index (χ3n) is 7.95. The van der Waals surface area contributed by atoms with E-state index in [0.717, 1.165) is 35.3 Å². The summed E-state index contributed by atoms with van der Waals surface area (Å²) in [5.74, 6) is -0.182. The van der Waals surface area contributed by atoms with Gasteiger partial charge in [0.1, 0.15) is 5.82 Å². The second-order valence-electron chi connectivity index (χ2n) is 10.9. The van der Waals surface area contributed by atoms with Crippen molar-refractivity contribution in [1.82, 2.24) is 39.7 Å². The van der Waals surface area contributed by atoms with E-state index in [2.05, 4.69) is 31.6 Å². The van der Waals surface area contributed by atoms with Crippen molar-refractivity contribution in [3.63, 3.8) is 0 Å². The predicted molar refractivity (Wildman–Crippen MR) is 156 cm³/mol. The first-order valence-electron chi connectivity index (χ1n) is 14.1. The average Bonchev–Trinajstić information content (AvgIpc) is 3.80. The van der Waals surface area contributed by atoms with Crippen LogP contribution in [0.25, 0.3) is 22.3 Å². The largest absolute Gasteiger partial charge is 0.383 e. The van der Waals surface area contributed by atoms with Crippen molar-refractivity contribution in [2.45, 2.75) is 31.8 Å². The summed E-state index contributed by atoms with van der Waals surface area (Å²) >= 11 is 0. The Morgan fingerprint density at radius 3 is 2.44 bits per heavy atom. The van der Waals surface area contributed by atoms with E-state index in [1.165, 1.54) is 25.9 Å². The molecule has 0 radical (unpaired) electrons. The minimum absolute atomic E-state index is 0.0469. The topological polar surface area (TPSA) is 127 Å². The first-order valence-corrected chi connectivity index (χ1v) is 14.1. The van der Waals surface area contributed by atoms with E-state index < -0.39 is 0 Å². The molecule has 2 aliphatic rings. The Morgan fingerprint density at radius 2 is 1.68 bits per heavy atom. The molecule has 2 aliphatic heterocycles. The molecule has 41 heavy (non-hydrogen) atoms. The van der Waals surface area contributed by atoms with E-state index in [9.17, 15) is 9.59 Å². The van der Waals surface area contributed by atoms with Crippen molar-refractivity contribution in [1.29, 1.82) is 0 Å². The first-order chi connectivity index (χ1) is 19.9. The third kappa shape index (κ3) is 5.99. The molecular formula is C30H35N9O2. The number of aryl methyl sites for hydroxylation is 1. The van der Waals surface area contributed by atoms with Gasteiger partial charge in [-0.15, -0.1) is 0 Å². The van der Waals surface area contributed by atoms with Crippen LogP contribution >= 0.6 is 0 Å². The average molecular weight is 554 g/mol. The first kappa shape index (κ1) is 26.7. The van der Waals surface area contributed by atoms with Crippen molar-refractivity contribution in [3.8, 4) is 22.3 Å². The Balaban J connectivity index is 1.04. The minimum atomic E-state index is -0.301. The van der Waals surface area contributed by atoms with E-state index in [1.807, 2.05) is 48.4 Å². The molecule has 0 aliphatic carbocycles. The smallest absolute Gasteiger partial charge is 0.255 e. The summed E-state index contributed by atoms with van der Waals surface area (Å²) in [4.78, 5) is 34.8. The van der Waals surface area contributed by atoms with E-state index in [1.54, 1.807) is 28.0 Å². The lowest BCUT2D eigenvalue weighted by molar-refractivity contribution is 0.0783. The van der Waals surface area contributed by atoms with Crippen LogP contribution in [-0.4, -0.2) is 84.9 Å². The van der Waals surface area contributed by atoms with Gasteiger partial charge in [-0.3, -0.25) is 19.0 Å². The molecule has 0 unspecified atom stereocenters. The normalized spacial score (nSPS) is 17.3. The predicted octanol–water partition coefficient (Wildman–Crippen LogP) is 2.67. The van der Waals surface area contributed by atoms with E-state index >= 15 is 0 Å². The van der Waals surface area contributed by atoms with Gasteiger partial charge >= 0.3 is 0 Å². The van der Waals surface area contributed by atoms with Crippen LogP contribution in [0.15, 0.2) is 61.3 Å². The molecule has 11 heteroatoms. The van der Waals surface area contributed by atoms with Crippen molar-refractivity contribution in [2.24, 2.45) is 7.05 Å². The van der Waals surface area contributed by atoms with Crippen LogP contribution in [0.5, 0.6) is 0 Å². The highest BCUT2D eigenvalue weighted by Gasteiger charge is 2.29. The molecule has 0 bridgehead atoms. The number of nitrogens with two attached hydrogens (primary N) is 1. The van der Waals surface area contributed by atoms with Crippen molar-refractivity contribution in [3.05, 3.63) is 72.4 Å². The molecule has 0 spiro atoms. The number of carbonyl (C=O) groups excluding carboxylic acids is 2. The van der Waals surface area contributed by atoms with Gasteiger partial charge in [0.25, 0.3) is 11.8 Å². The summed E-state index contributed by atoms with van der Waals surface area (Å²) in [6, 6.07) is 9.22. The summed E-state index contributed by atoms with van der Waals surface area (Å²) in [5.41, 5.74) is 10.6. The SMILES string of the molecule is Cn1cc(-c2cnc(N)c(C(=O)N[C@@H]3CCN(C(=O)c4ccc(-c5cnn(CCN6CCCC6)c5)cc4)C3)c2)cn1. The number of nitrogen functional groups attached to an aromatic ring is 1. The molecule has 11 nitrogen and oxygen atoms in total. The fourth-order valence-electron chi connectivity index (χ4n) is 5.58. The maximum absolute atomic E-state index is 13.2. The van der Waals surface area contributed by atoms with Crippen LogP contribution in [0.2, 0.25) is 0 Å². The molecule has 3 N–H and O–H groups in total. The van der Waals surface area contributed by atoms with Crippen LogP contribution in [0.3, 0.4) is 0 Å². The number of hydrogen-bond acceptors (Lipinski definition) is 7. The van der Waals surface area contributed by atoms with Gasteiger partial charge in [-0.05, 0) is 56.1 Å². The van der Waals surface area contributed by atoms with Gasteiger partial charge in [0.05, 0.1) is 24.5 Å². The Morgan fingerprint density at radius 1 is 0.927 bits per heavy atom. The molecule has 0 saturated carbocycles. The molecule has 1 atom stereocenters. The molecule has 1 aromatic carbocycles. The van der Waals surface area contributed by atoms with Crippen LogP contribution in [0.1, 0.15) is 40.0 Å². The van der Waals surface area contributed by atoms with E-state index in [0.29, 0.717) is 30.6 Å². The van der Waals surface area contributed by atoms with Gasteiger partial charge in [-0.25, -0.2) is 4.98 Å². The number of carbonyl (C=O) groups is 2. The van der Waals surface area contributed by atoms with Gasteiger partial charge in [-0.2, -0.15) is 10.2 Å². The molecule has 4 aromatic rings. The van der Waals surface area contributed by atoms with Gasteiger partial charge in [-0.1, -0.05) is 12.1 Å². The fourth-order valence-corrected chi connectivity index (χ4v) is 5.58. The molecule has 6 rings (SSSR count). The molecule has 2 fully saturated rings. The molecule has 212 valence electrons. The zero-order valence-corrected chi connectivity index (χ0v) is 23.2. The summed E-state index contributed by atoms with van der Waals surface area (Å²) in [6.07, 6.45) is 12.4. The monoisotopic (exact) mass is 553 g/mol. The third-order valence-corrected chi connectivity index (χ3v) is 7.95. The van der Waals surface area contributed by atoms with E-state index in [4.69, 9.17) is 5.73 Å². The second-order valence-corrected chi connectivity index (χ2v) is 10.9. The van der Waals surface area contributed by atoms with Crippen LogP contribution in [0.4, 0.5) is 5.82 Å².